The Morgan fingerprint density at radius 3 is 2.44 bits per heavy atom. The highest BCUT2D eigenvalue weighted by atomic mass is 16.5. The molecule has 0 aromatic heterocycles. The lowest BCUT2D eigenvalue weighted by molar-refractivity contribution is 0.0950. The number of nitrogens with zero attached hydrogens (tertiary/aromatic N) is 1. The van der Waals surface area contributed by atoms with Crippen LogP contribution in [0.25, 0.3) is 0 Å². The Morgan fingerprint density at radius 1 is 0.969 bits per heavy atom. The SMILES string of the molecule is C[C@@H](Cc1ccccc1)Oc1ccc2c(c1)C(=O)NC[C@H]1CN(Cc3ccccc3)C[C@H]21. The summed E-state index contributed by atoms with van der Waals surface area (Å²) in [7, 11) is 0. The molecule has 3 aromatic rings. The molecule has 0 spiro atoms. The first-order chi connectivity index (χ1) is 15.7. The van der Waals surface area contributed by atoms with E-state index in [0.29, 0.717) is 11.8 Å². The number of likely N-dealkylation sites (tertiary alicyclic amines) is 1. The Bertz CT molecular complexity index is 1070. The third kappa shape index (κ3) is 4.56. The average molecular weight is 427 g/mol. The van der Waals surface area contributed by atoms with Crippen molar-refractivity contribution < 1.29 is 9.53 Å². The van der Waals surface area contributed by atoms with Gasteiger partial charge in [-0.25, -0.2) is 0 Å². The molecular formula is C28H30N2O2. The van der Waals surface area contributed by atoms with Gasteiger partial charge in [0.1, 0.15) is 5.75 Å². The summed E-state index contributed by atoms with van der Waals surface area (Å²) in [5.74, 6) is 1.58. The van der Waals surface area contributed by atoms with Gasteiger partial charge in [0.05, 0.1) is 6.10 Å². The van der Waals surface area contributed by atoms with Crippen molar-refractivity contribution in [2.75, 3.05) is 19.6 Å². The van der Waals surface area contributed by atoms with Crippen LogP contribution in [-0.2, 0) is 13.0 Å². The van der Waals surface area contributed by atoms with Gasteiger partial charge in [0.25, 0.3) is 5.91 Å². The minimum absolute atomic E-state index is 0.0187. The summed E-state index contributed by atoms with van der Waals surface area (Å²) in [5, 5.41) is 3.16. The molecule has 0 bridgehead atoms. The number of ether oxygens (including phenoxy) is 1. The highest BCUT2D eigenvalue weighted by Gasteiger charge is 2.38. The largest absolute Gasteiger partial charge is 0.490 e. The van der Waals surface area contributed by atoms with Crippen molar-refractivity contribution in [2.45, 2.75) is 31.9 Å². The van der Waals surface area contributed by atoms with Crippen LogP contribution in [0.2, 0.25) is 0 Å². The van der Waals surface area contributed by atoms with Gasteiger partial charge in [-0.15, -0.1) is 0 Å². The normalized spacial score (nSPS) is 21.2. The van der Waals surface area contributed by atoms with Crippen LogP contribution in [0.4, 0.5) is 0 Å². The quantitative estimate of drug-likeness (QED) is 0.624. The van der Waals surface area contributed by atoms with Crippen molar-refractivity contribution in [1.82, 2.24) is 10.2 Å². The van der Waals surface area contributed by atoms with E-state index in [1.54, 1.807) is 0 Å². The third-order valence-corrected chi connectivity index (χ3v) is 6.66. The average Bonchev–Trinajstić information content (AvgIpc) is 3.15. The number of hydrogen-bond acceptors (Lipinski definition) is 3. The van der Waals surface area contributed by atoms with E-state index in [9.17, 15) is 4.79 Å². The van der Waals surface area contributed by atoms with E-state index in [2.05, 4.69) is 65.7 Å². The fourth-order valence-corrected chi connectivity index (χ4v) is 5.16. The van der Waals surface area contributed by atoms with Gasteiger partial charge < -0.3 is 10.1 Å². The molecule has 0 aliphatic carbocycles. The fourth-order valence-electron chi connectivity index (χ4n) is 5.16. The highest BCUT2D eigenvalue weighted by molar-refractivity contribution is 5.96. The van der Waals surface area contributed by atoms with Crippen molar-refractivity contribution in [2.24, 2.45) is 5.92 Å². The van der Waals surface area contributed by atoms with Gasteiger partial charge in [0.2, 0.25) is 0 Å². The van der Waals surface area contributed by atoms with Crippen molar-refractivity contribution in [3.05, 3.63) is 101 Å². The molecule has 2 aliphatic rings. The van der Waals surface area contributed by atoms with Gasteiger partial charge in [-0.2, -0.15) is 0 Å². The van der Waals surface area contributed by atoms with Crippen LogP contribution in [-0.4, -0.2) is 36.5 Å². The maximum Gasteiger partial charge on any atom is 0.251 e. The third-order valence-electron chi connectivity index (χ3n) is 6.66. The topological polar surface area (TPSA) is 41.6 Å². The number of amides is 1. The Balaban J connectivity index is 1.31. The van der Waals surface area contributed by atoms with Gasteiger partial charge in [0.15, 0.2) is 0 Å². The fraction of sp³-hybridized carbons (Fsp3) is 0.321. The summed E-state index contributed by atoms with van der Waals surface area (Å²) in [6, 6.07) is 27.1. The van der Waals surface area contributed by atoms with E-state index >= 15 is 0 Å². The van der Waals surface area contributed by atoms with Crippen molar-refractivity contribution in [1.29, 1.82) is 0 Å². The van der Waals surface area contributed by atoms with E-state index in [-0.39, 0.29) is 12.0 Å². The number of carbonyl (C=O) groups excluding carboxylic acids is 1. The maximum atomic E-state index is 12.9. The van der Waals surface area contributed by atoms with Gasteiger partial charge in [-0.1, -0.05) is 66.7 Å². The van der Waals surface area contributed by atoms with Crippen LogP contribution < -0.4 is 10.1 Å². The molecule has 32 heavy (non-hydrogen) atoms. The van der Waals surface area contributed by atoms with Gasteiger partial charge >= 0.3 is 0 Å². The van der Waals surface area contributed by atoms with E-state index in [1.165, 1.54) is 11.1 Å². The molecule has 0 unspecified atom stereocenters. The number of rotatable bonds is 6. The number of carbonyl (C=O) groups is 1. The summed E-state index contributed by atoms with van der Waals surface area (Å²) in [5.41, 5.74) is 4.51. The highest BCUT2D eigenvalue weighted by Crippen LogP contribution is 2.38. The van der Waals surface area contributed by atoms with Gasteiger partial charge in [0, 0.05) is 44.1 Å². The molecule has 3 aromatic carbocycles. The lowest BCUT2D eigenvalue weighted by Crippen LogP contribution is -2.29. The molecule has 1 N–H and O–H groups in total. The maximum absolute atomic E-state index is 12.9. The van der Waals surface area contributed by atoms with Crippen LogP contribution in [0.5, 0.6) is 5.75 Å². The summed E-state index contributed by atoms with van der Waals surface area (Å²) in [6.07, 6.45) is 0.869. The standard InChI is InChI=1S/C28H30N2O2/c1-20(14-21-8-4-2-5-9-21)32-24-12-13-25-26(15-24)28(31)29-16-23-18-30(19-27(23)25)17-22-10-6-3-7-11-22/h2-13,15,20,23,27H,14,16-19H2,1H3,(H,29,31)/t20-,23-,27-/m0/s1. The molecule has 4 nitrogen and oxygen atoms in total. The van der Waals surface area contributed by atoms with Gasteiger partial charge in [-0.05, 0) is 41.7 Å². The number of fused-ring (bicyclic) bond motifs is 3. The van der Waals surface area contributed by atoms with Crippen LogP contribution in [0.1, 0.15) is 39.9 Å². The first-order valence-corrected chi connectivity index (χ1v) is 11.5. The second-order valence-electron chi connectivity index (χ2n) is 9.12. The van der Waals surface area contributed by atoms with Crippen LogP contribution in [0.3, 0.4) is 0 Å². The van der Waals surface area contributed by atoms with E-state index in [0.717, 1.165) is 49.5 Å². The second kappa shape index (κ2) is 9.17. The van der Waals surface area contributed by atoms with Gasteiger partial charge in [-0.3, -0.25) is 9.69 Å². The summed E-state index contributed by atoms with van der Waals surface area (Å²) in [4.78, 5) is 15.4. The van der Waals surface area contributed by atoms with Crippen LogP contribution >= 0.6 is 0 Å². The first-order valence-electron chi connectivity index (χ1n) is 11.5. The molecule has 1 fully saturated rings. The minimum Gasteiger partial charge on any atom is -0.490 e. The number of nitrogens with one attached hydrogen (secondary N) is 1. The molecule has 4 heteroatoms. The molecule has 1 amide bonds. The molecule has 3 atom stereocenters. The Kier molecular flexibility index (Phi) is 5.95. The zero-order chi connectivity index (χ0) is 21.9. The predicted molar refractivity (Wildman–Crippen MR) is 127 cm³/mol. The minimum atomic E-state index is 0.0187. The monoisotopic (exact) mass is 426 g/mol. The van der Waals surface area contributed by atoms with Crippen LogP contribution in [0.15, 0.2) is 78.9 Å². The smallest absolute Gasteiger partial charge is 0.251 e. The molecule has 1 saturated heterocycles. The Hall–Kier alpha value is -3.11. The summed E-state index contributed by atoms with van der Waals surface area (Å²) >= 11 is 0. The zero-order valence-electron chi connectivity index (χ0n) is 18.5. The lowest BCUT2D eigenvalue weighted by Gasteiger charge is -2.19. The number of hydrogen-bond donors (Lipinski definition) is 1. The Labute approximate surface area is 190 Å². The molecular weight excluding hydrogens is 396 g/mol. The van der Waals surface area contributed by atoms with Crippen LogP contribution in [0, 0.1) is 5.92 Å². The predicted octanol–water partition coefficient (Wildman–Crippen LogP) is 4.66. The molecule has 2 aliphatic heterocycles. The van der Waals surface area contributed by atoms with Crippen molar-refractivity contribution in [3.8, 4) is 5.75 Å². The molecule has 164 valence electrons. The van der Waals surface area contributed by atoms with Crippen molar-refractivity contribution in [3.63, 3.8) is 0 Å². The molecule has 2 heterocycles. The first kappa shape index (κ1) is 20.8. The second-order valence-corrected chi connectivity index (χ2v) is 9.12. The number of benzene rings is 3. The van der Waals surface area contributed by atoms with Crippen molar-refractivity contribution >= 4 is 5.91 Å². The lowest BCUT2D eigenvalue weighted by atomic mass is 9.87. The molecule has 0 radical (unpaired) electrons. The summed E-state index contributed by atoms with van der Waals surface area (Å²) < 4.78 is 6.19. The van der Waals surface area contributed by atoms with E-state index in [4.69, 9.17) is 4.74 Å². The van der Waals surface area contributed by atoms with E-state index < -0.39 is 0 Å². The molecule has 0 saturated carbocycles. The van der Waals surface area contributed by atoms with E-state index in [1.807, 2.05) is 30.3 Å². The Morgan fingerprint density at radius 2 is 1.69 bits per heavy atom. The summed E-state index contributed by atoms with van der Waals surface area (Å²) in [6.45, 7) is 5.74. The zero-order valence-corrected chi connectivity index (χ0v) is 18.5. The molecule has 5 rings (SSSR count).